The van der Waals surface area contributed by atoms with E-state index in [9.17, 15) is 26.4 Å². The number of ether oxygens (including phenoxy) is 2. The molecule has 176 valence electrons. The van der Waals surface area contributed by atoms with Crippen LogP contribution in [-0.2, 0) is 21.2 Å². The number of primary sulfonamides is 1. The molecule has 0 aromatic heterocycles. The van der Waals surface area contributed by atoms with Crippen LogP contribution in [0.25, 0.3) is 0 Å². The van der Waals surface area contributed by atoms with Crippen molar-refractivity contribution in [2.45, 2.75) is 36.9 Å². The maximum absolute atomic E-state index is 12.6. The van der Waals surface area contributed by atoms with E-state index in [2.05, 4.69) is 0 Å². The number of aryl methyl sites for hydroxylation is 1. The highest BCUT2D eigenvalue weighted by molar-refractivity contribution is 7.89. The predicted molar refractivity (Wildman–Crippen MR) is 112 cm³/mol. The van der Waals surface area contributed by atoms with Gasteiger partial charge < -0.3 is 14.4 Å². The Bertz CT molecular complexity index is 1060. The third-order valence-corrected chi connectivity index (χ3v) is 5.80. The zero-order valence-electron chi connectivity index (χ0n) is 17.8. The molecule has 7 nitrogen and oxygen atoms in total. The number of methoxy groups -OCH3 is 1. The van der Waals surface area contributed by atoms with Crippen LogP contribution in [-0.4, -0.2) is 46.2 Å². The van der Waals surface area contributed by atoms with Gasteiger partial charge in [0, 0.05) is 13.5 Å². The minimum absolute atomic E-state index is 0.0392. The minimum atomic E-state index is -4.47. The first-order valence-electron chi connectivity index (χ1n) is 9.56. The highest BCUT2D eigenvalue weighted by Crippen LogP contribution is 2.30. The monoisotopic (exact) mass is 474 g/mol. The molecule has 1 unspecified atom stereocenters. The molecule has 0 aliphatic heterocycles. The second-order valence-corrected chi connectivity index (χ2v) is 8.75. The molecular weight excluding hydrogens is 449 g/mol. The summed E-state index contributed by atoms with van der Waals surface area (Å²) in [6.45, 7) is 0.326. The van der Waals surface area contributed by atoms with E-state index in [1.807, 2.05) is 0 Å². The highest BCUT2D eigenvalue weighted by Gasteiger charge is 2.29. The molecule has 2 aromatic carbocycles. The summed E-state index contributed by atoms with van der Waals surface area (Å²) in [4.78, 5) is 14.1. The Morgan fingerprint density at radius 2 is 1.84 bits per heavy atom. The normalized spacial score (nSPS) is 12.8. The zero-order valence-corrected chi connectivity index (χ0v) is 18.7. The molecule has 0 radical (unpaired) electrons. The first kappa shape index (κ1) is 25.5. The van der Waals surface area contributed by atoms with Crippen molar-refractivity contribution in [1.82, 2.24) is 4.90 Å². The number of hydrogen-bond acceptors (Lipinski definition) is 5. The average molecular weight is 475 g/mol. The van der Waals surface area contributed by atoms with Crippen LogP contribution in [0.15, 0.2) is 47.4 Å². The third-order valence-electron chi connectivity index (χ3n) is 4.89. The highest BCUT2D eigenvalue weighted by atomic mass is 32.2. The lowest BCUT2D eigenvalue weighted by Gasteiger charge is -2.26. The fourth-order valence-corrected chi connectivity index (χ4v) is 3.53. The van der Waals surface area contributed by atoms with E-state index in [1.165, 1.54) is 36.3 Å². The predicted octanol–water partition coefficient (Wildman–Crippen LogP) is 3.44. The number of hydrogen-bond donors (Lipinski definition) is 1. The minimum Gasteiger partial charge on any atom is -0.493 e. The van der Waals surface area contributed by atoms with E-state index >= 15 is 0 Å². The van der Waals surface area contributed by atoms with E-state index in [0.717, 1.165) is 0 Å². The van der Waals surface area contributed by atoms with Gasteiger partial charge in [-0.3, -0.25) is 4.79 Å². The standard InChI is InChI=1S/C21H25F3N2O5S/c1-14(16-5-4-6-17(12-16)32(25,28)29)26(2)20(27)10-8-15-7-9-18(19(11-15)30-3)31-13-21(22,23)24/h4-7,9,11-12,14H,8,10,13H2,1-3H3,(H2,25,28,29). The smallest absolute Gasteiger partial charge is 0.422 e. The number of carbonyl (C=O) groups excluding carboxylic acids is 1. The van der Waals surface area contributed by atoms with Crippen LogP contribution in [0.5, 0.6) is 11.5 Å². The van der Waals surface area contributed by atoms with E-state index in [0.29, 0.717) is 17.5 Å². The third kappa shape index (κ3) is 7.13. The van der Waals surface area contributed by atoms with Gasteiger partial charge >= 0.3 is 6.18 Å². The topological polar surface area (TPSA) is 98.9 Å². The Balaban J connectivity index is 2.04. The first-order chi connectivity index (χ1) is 14.8. The molecule has 1 amide bonds. The van der Waals surface area contributed by atoms with Crippen molar-refractivity contribution in [3.8, 4) is 11.5 Å². The molecule has 0 bridgehead atoms. The van der Waals surface area contributed by atoms with Crippen molar-refractivity contribution in [2.24, 2.45) is 5.14 Å². The van der Waals surface area contributed by atoms with Gasteiger partial charge in [-0.05, 0) is 48.7 Å². The van der Waals surface area contributed by atoms with Gasteiger partial charge in [0.25, 0.3) is 0 Å². The van der Waals surface area contributed by atoms with Crippen molar-refractivity contribution in [1.29, 1.82) is 0 Å². The average Bonchev–Trinajstić information content (AvgIpc) is 2.74. The Hall–Kier alpha value is -2.79. The fourth-order valence-electron chi connectivity index (χ4n) is 2.96. The molecule has 1 atom stereocenters. The summed E-state index contributed by atoms with van der Waals surface area (Å²) in [7, 11) is -0.944. The summed E-state index contributed by atoms with van der Waals surface area (Å²) >= 11 is 0. The van der Waals surface area contributed by atoms with Crippen molar-refractivity contribution >= 4 is 15.9 Å². The molecule has 32 heavy (non-hydrogen) atoms. The van der Waals surface area contributed by atoms with Gasteiger partial charge in [0.2, 0.25) is 15.9 Å². The zero-order chi connectivity index (χ0) is 24.1. The molecule has 0 saturated heterocycles. The number of alkyl halides is 3. The van der Waals surface area contributed by atoms with Crippen LogP contribution in [0.1, 0.15) is 30.5 Å². The molecule has 2 N–H and O–H groups in total. The maximum atomic E-state index is 12.6. The van der Waals surface area contributed by atoms with Gasteiger partial charge in [-0.1, -0.05) is 18.2 Å². The Labute approximate surface area is 185 Å². The van der Waals surface area contributed by atoms with Crippen molar-refractivity contribution in [2.75, 3.05) is 20.8 Å². The Morgan fingerprint density at radius 3 is 2.44 bits per heavy atom. The first-order valence-corrected chi connectivity index (χ1v) is 11.1. The van der Waals surface area contributed by atoms with E-state index in [4.69, 9.17) is 14.6 Å². The van der Waals surface area contributed by atoms with E-state index in [-0.39, 0.29) is 28.7 Å². The Morgan fingerprint density at radius 1 is 1.16 bits per heavy atom. The second kappa shape index (κ2) is 10.2. The quantitative estimate of drug-likeness (QED) is 0.600. The number of carbonyl (C=O) groups is 1. The summed E-state index contributed by atoms with van der Waals surface area (Å²) in [5.41, 5.74) is 1.30. The maximum Gasteiger partial charge on any atom is 0.422 e. The molecule has 0 spiro atoms. The number of benzene rings is 2. The second-order valence-electron chi connectivity index (χ2n) is 7.19. The summed E-state index contributed by atoms with van der Waals surface area (Å²) < 4.78 is 70.1. The number of amides is 1. The molecule has 0 aliphatic rings. The van der Waals surface area contributed by atoms with Crippen LogP contribution in [0.2, 0.25) is 0 Å². The lowest BCUT2D eigenvalue weighted by atomic mass is 10.1. The summed E-state index contributed by atoms with van der Waals surface area (Å²) in [5, 5.41) is 5.17. The van der Waals surface area contributed by atoms with Crippen molar-refractivity contribution in [3.63, 3.8) is 0 Å². The SMILES string of the molecule is COc1cc(CCC(=O)N(C)C(C)c2cccc(S(N)(=O)=O)c2)ccc1OCC(F)(F)F. The lowest BCUT2D eigenvalue weighted by molar-refractivity contribution is -0.153. The molecule has 0 aliphatic carbocycles. The summed E-state index contributed by atoms with van der Waals surface area (Å²) in [6, 6.07) is 10.1. The van der Waals surface area contributed by atoms with Crippen molar-refractivity contribution in [3.05, 3.63) is 53.6 Å². The van der Waals surface area contributed by atoms with E-state index < -0.39 is 28.8 Å². The molecule has 0 fully saturated rings. The molecular formula is C21H25F3N2O5S. The van der Waals surface area contributed by atoms with Gasteiger partial charge in [-0.25, -0.2) is 13.6 Å². The molecule has 2 aromatic rings. The molecule has 0 saturated carbocycles. The van der Waals surface area contributed by atoms with Crippen LogP contribution in [0.4, 0.5) is 13.2 Å². The number of nitrogens with zero attached hydrogens (tertiary/aromatic N) is 1. The largest absolute Gasteiger partial charge is 0.493 e. The number of sulfonamides is 1. The molecule has 2 rings (SSSR count). The Kier molecular flexibility index (Phi) is 8.13. The van der Waals surface area contributed by atoms with Gasteiger partial charge in [-0.15, -0.1) is 0 Å². The van der Waals surface area contributed by atoms with Crippen LogP contribution in [0.3, 0.4) is 0 Å². The van der Waals surface area contributed by atoms with Gasteiger partial charge in [0.15, 0.2) is 18.1 Å². The summed E-state index contributed by atoms with van der Waals surface area (Å²) in [5.74, 6) is -0.101. The van der Waals surface area contributed by atoms with E-state index in [1.54, 1.807) is 32.2 Å². The van der Waals surface area contributed by atoms with Crippen LogP contribution < -0.4 is 14.6 Å². The van der Waals surface area contributed by atoms with Crippen LogP contribution >= 0.6 is 0 Å². The number of rotatable bonds is 9. The van der Waals surface area contributed by atoms with Crippen molar-refractivity contribution < 1.29 is 35.9 Å². The number of halogens is 3. The van der Waals surface area contributed by atoms with Crippen LogP contribution in [0, 0.1) is 0 Å². The molecule has 11 heteroatoms. The summed E-state index contributed by atoms with van der Waals surface area (Å²) in [6.07, 6.45) is -4.02. The molecule has 0 heterocycles. The van der Waals surface area contributed by atoms with Gasteiger partial charge in [0.1, 0.15) is 0 Å². The van der Waals surface area contributed by atoms with Gasteiger partial charge in [0.05, 0.1) is 18.0 Å². The lowest BCUT2D eigenvalue weighted by Crippen LogP contribution is -2.30. The fraction of sp³-hybridized carbons (Fsp3) is 0.381. The van der Waals surface area contributed by atoms with Gasteiger partial charge in [-0.2, -0.15) is 13.2 Å². The number of nitrogens with two attached hydrogens (primary N) is 1.